The Labute approximate surface area is 106 Å². The second-order valence-corrected chi connectivity index (χ2v) is 5.86. The molecule has 0 amide bonds. The van der Waals surface area contributed by atoms with Gasteiger partial charge in [0.05, 0.1) is 12.4 Å². The van der Waals surface area contributed by atoms with Crippen molar-refractivity contribution in [1.82, 2.24) is 0 Å². The number of anilines is 1. The van der Waals surface area contributed by atoms with E-state index < -0.39 is 10.8 Å². The van der Waals surface area contributed by atoms with Crippen molar-refractivity contribution in [2.45, 2.75) is 20.3 Å². The van der Waals surface area contributed by atoms with Gasteiger partial charge in [-0.1, -0.05) is 20.3 Å². The third-order valence-electron chi connectivity index (χ3n) is 2.63. The number of nitrogens with two attached hydrogens (primary N) is 1. The molecule has 0 aliphatic carbocycles. The first kappa shape index (κ1) is 14.0. The van der Waals surface area contributed by atoms with E-state index in [1.165, 1.54) is 0 Å². The van der Waals surface area contributed by atoms with Crippen molar-refractivity contribution in [1.29, 1.82) is 0 Å². The smallest absolute Gasteiger partial charge is 0.119 e. The van der Waals surface area contributed by atoms with Gasteiger partial charge in [0.1, 0.15) is 5.75 Å². The SMILES string of the molecule is CCC(C)CS(=O)CCOc1ccc(N)cc1. The van der Waals surface area contributed by atoms with E-state index in [-0.39, 0.29) is 0 Å². The predicted octanol–water partition coefficient (Wildman–Crippen LogP) is 2.44. The van der Waals surface area contributed by atoms with Gasteiger partial charge in [-0.05, 0) is 30.2 Å². The highest BCUT2D eigenvalue weighted by Crippen LogP contribution is 2.13. The average Bonchev–Trinajstić information content (AvgIpc) is 2.31. The molecule has 4 heteroatoms. The minimum absolute atomic E-state index is 0.493. The molecule has 1 aromatic carbocycles. The van der Waals surface area contributed by atoms with Crippen LogP contribution in [0.25, 0.3) is 0 Å². The lowest BCUT2D eigenvalue weighted by Gasteiger charge is -2.09. The molecule has 3 nitrogen and oxygen atoms in total. The van der Waals surface area contributed by atoms with Crippen LogP contribution in [0.1, 0.15) is 20.3 Å². The first-order valence-electron chi connectivity index (χ1n) is 5.95. The van der Waals surface area contributed by atoms with Crippen LogP contribution in [0, 0.1) is 5.92 Å². The Hall–Kier alpha value is -1.03. The van der Waals surface area contributed by atoms with Gasteiger partial charge in [-0.15, -0.1) is 0 Å². The fourth-order valence-corrected chi connectivity index (χ4v) is 2.64. The Bertz CT molecular complexity index is 351. The van der Waals surface area contributed by atoms with Crippen LogP contribution in [0.4, 0.5) is 5.69 Å². The van der Waals surface area contributed by atoms with Gasteiger partial charge in [0.25, 0.3) is 0 Å². The average molecular weight is 255 g/mol. The zero-order valence-corrected chi connectivity index (χ0v) is 11.3. The van der Waals surface area contributed by atoms with Crippen LogP contribution >= 0.6 is 0 Å². The van der Waals surface area contributed by atoms with E-state index in [2.05, 4.69) is 13.8 Å². The number of benzene rings is 1. The molecule has 0 saturated carbocycles. The van der Waals surface area contributed by atoms with E-state index >= 15 is 0 Å². The van der Waals surface area contributed by atoms with Crippen LogP contribution in [0.15, 0.2) is 24.3 Å². The fourth-order valence-electron chi connectivity index (χ4n) is 1.34. The molecule has 0 bridgehead atoms. The third-order valence-corrected chi connectivity index (χ3v) is 4.19. The van der Waals surface area contributed by atoms with Gasteiger partial charge in [-0.3, -0.25) is 4.21 Å². The summed E-state index contributed by atoms with van der Waals surface area (Å²) in [5.41, 5.74) is 6.29. The van der Waals surface area contributed by atoms with Gasteiger partial charge >= 0.3 is 0 Å². The topological polar surface area (TPSA) is 52.3 Å². The summed E-state index contributed by atoms with van der Waals surface area (Å²) >= 11 is 0. The van der Waals surface area contributed by atoms with Crippen molar-refractivity contribution in [3.05, 3.63) is 24.3 Å². The molecule has 1 rings (SSSR count). The maximum absolute atomic E-state index is 11.7. The lowest BCUT2D eigenvalue weighted by atomic mass is 10.2. The van der Waals surface area contributed by atoms with Gasteiger partial charge in [-0.25, -0.2) is 0 Å². The van der Waals surface area contributed by atoms with Crippen LogP contribution < -0.4 is 10.5 Å². The zero-order chi connectivity index (χ0) is 12.7. The summed E-state index contributed by atoms with van der Waals surface area (Å²) in [7, 11) is -0.778. The maximum Gasteiger partial charge on any atom is 0.119 e. The van der Waals surface area contributed by atoms with E-state index in [1.807, 2.05) is 12.1 Å². The van der Waals surface area contributed by atoms with Crippen molar-refractivity contribution in [3.63, 3.8) is 0 Å². The Kier molecular flexibility index (Phi) is 6.05. The van der Waals surface area contributed by atoms with Gasteiger partial charge in [-0.2, -0.15) is 0 Å². The van der Waals surface area contributed by atoms with E-state index in [9.17, 15) is 4.21 Å². The molecule has 0 saturated heterocycles. The number of rotatable bonds is 7. The summed E-state index contributed by atoms with van der Waals surface area (Å²) in [6.45, 7) is 4.73. The molecule has 0 spiro atoms. The van der Waals surface area contributed by atoms with Gasteiger partial charge in [0, 0.05) is 22.2 Å². The Morgan fingerprint density at radius 3 is 2.59 bits per heavy atom. The second kappa shape index (κ2) is 7.33. The lowest BCUT2D eigenvalue weighted by molar-refractivity contribution is 0.342. The third kappa shape index (κ3) is 5.73. The van der Waals surface area contributed by atoms with Gasteiger partial charge in [0.2, 0.25) is 0 Å². The van der Waals surface area contributed by atoms with Crippen molar-refractivity contribution in [2.75, 3.05) is 23.8 Å². The van der Waals surface area contributed by atoms with Crippen LogP contribution in [0.5, 0.6) is 5.75 Å². The normalized spacial score (nSPS) is 14.2. The first-order valence-corrected chi connectivity index (χ1v) is 7.44. The lowest BCUT2D eigenvalue weighted by Crippen LogP contribution is -2.15. The monoisotopic (exact) mass is 255 g/mol. The Morgan fingerprint density at radius 2 is 2.00 bits per heavy atom. The standard InChI is InChI=1S/C13H21NO2S/c1-3-11(2)10-17(15)9-8-16-13-6-4-12(14)5-7-13/h4-7,11H,3,8-10,14H2,1-2H3. The molecule has 0 aliphatic heterocycles. The quantitative estimate of drug-likeness (QED) is 0.761. The summed E-state index contributed by atoms with van der Waals surface area (Å²) in [4.78, 5) is 0. The van der Waals surface area contributed by atoms with Gasteiger partial charge in [0.15, 0.2) is 0 Å². The highest BCUT2D eigenvalue weighted by molar-refractivity contribution is 7.85. The zero-order valence-electron chi connectivity index (χ0n) is 10.5. The summed E-state index contributed by atoms with van der Waals surface area (Å²) in [5.74, 6) is 2.66. The van der Waals surface area contributed by atoms with Crippen LogP contribution in [0.2, 0.25) is 0 Å². The molecule has 2 N–H and O–H groups in total. The number of hydrogen-bond acceptors (Lipinski definition) is 3. The molecule has 1 aromatic rings. The molecule has 2 unspecified atom stereocenters. The highest BCUT2D eigenvalue weighted by Gasteiger charge is 2.05. The summed E-state index contributed by atoms with van der Waals surface area (Å²) < 4.78 is 17.2. The molecule has 0 fully saturated rings. The maximum atomic E-state index is 11.7. The molecule has 17 heavy (non-hydrogen) atoms. The number of nitrogen functional groups attached to an aromatic ring is 1. The highest BCUT2D eigenvalue weighted by atomic mass is 32.2. The molecule has 0 radical (unpaired) electrons. The Balaban J connectivity index is 2.23. The van der Waals surface area contributed by atoms with E-state index in [4.69, 9.17) is 10.5 Å². The summed E-state index contributed by atoms with van der Waals surface area (Å²) in [5, 5.41) is 0. The minimum Gasteiger partial charge on any atom is -0.493 e. The molecular weight excluding hydrogens is 234 g/mol. The number of ether oxygens (including phenoxy) is 1. The van der Waals surface area contributed by atoms with Gasteiger partial charge < -0.3 is 10.5 Å². The summed E-state index contributed by atoms with van der Waals surface area (Å²) in [6, 6.07) is 7.25. The fraction of sp³-hybridized carbons (Fsp3) is 0.538. The Morgan fingerprint density at radius 1 is 1.35 bits per heavy atom. The van der Waals surface area contributed by atoms with Crippen LogP contribution in [-0.2, 0) is 10.8 Å². The molecule has 2 atom stereocenters. The molecule has 0 aliphatic rings. The summed E-state index contributed by atoms with van der Waals surface area (Å²) in [6.07, 6.45) is 1.07. The van der Waals surface area contributed by atoms with Crippen molar-refractivity contribution < 1.29 is 8.95 Å². The molecule has 0 aromatic heterocycles. The predicted molar refractivity (Wildman–Crippen MR) is 73.7 cm³/mol. The van der Waals surface area contributed by atoms with Crippen LogP contribution in [-0.4, -0.2) is 22.3 Å². The van der Waals surface area contributed by atoms with Crippen molar-refractivity contribution in [2.24, 2.45) is 5.92 Å². The van der Waals surface area contributed by atoms with Crippen molar-refractivity contribution >= 4 is 16.5 Å². The number of hydrogen-bond donors (Lipinski definition) is 1. The second-order valence-electron chi connectivity index (χ2n) is 4.24. The molecule has 0 heterocycles. The largest absolute Gasteiger partial charge is 0.493 e. The van der Waals surface area contributed by atoms with E-state index in [0.717, 1.165) is 23.6 Å². The molecule has 96 valence electrons. The van der Waals surface area contributed by atoms with E-state index in [0.29, 0.717) is 18.3 Å². The first-order chi connectivity index (χ1) is 8.11. The van der Waals surface area contributed by atoms with Crippen LogP contribution in [0.3, 0.4) is 0 Å². The minimum atomic E-state index is -0.778. The molecular formula is C13H21NO2S. The van der Waals surface area contributed by atoms with Crippen molar-refractivity contribution in [3.8, 4) is 5.75 Å². The van der Waals surface area contributed by atoms with E-state index in [1.54, 1.807) is 12.1 Å².